The largest absolute Gasteiger partial charge is 0.383 e. The first-order valence-electron chi connectivity index (χ1n) is 12.7. The Labute approximate surface area is 221 Å². The quantitative estimate of drug-likeness (QED) is 0.349. The molecule has 0 bridgehead atoms. The van der Waals surface area contributed by atoms with E-state index in [1.807, 2.05) is 47.4 Å². The highest BCUT2D eigenvalue weighted by molar-refractivity contribution is 5.84. The minimum absolute atomic E-state index is 0.225. The molecule has 0 spiro atoms. The van der Waals surface area contributed by atoms with Crippen molar-refractivity contribution in [2.24, 2.45) is 0 Å². The van der Waals surface area contributed by atoms with E-state index in [-0.39, 0.29) is 6.04 Å². The summed E-state index contributed by atoms with van der Waals surface area (Å²) >= 11 is 0. The molecule has 0 saturated carbocycles. The van der Waals surface area contributed by atoms with Gasteiger partial charge in [0.15, 0.2) is 17.7 Å². The van der Waals surface area contributed by atoms with Crippen molar-refractivity contribution in [1.82, 2.24) is 29.3 Å². The SMILES string of the molecule is C[C@H]1CN(Cc2ccc(-n3c(-c4cccnc4N)nc4ccc(-c5ccccc5)nc43)cc2)CCN1C#N. The molecule has 8 nitrogen and oxygen atoms in total. The monoisotopic (exact) mass is 500 g/mol. The number of nitrogen functional groups attached to an aromatic ring is 1. The zero-order chi connectivity index (χ0) is 26.1. The van der Waals surface area contributed by atoms with Crippen molar-refractivity contribution in [3.63, 3.8) is 0 Å². The van der Waals surface area contributed by atoms with Crippen LogP contribution in [-0.4, -0.2) is 55.0 Å². The molecule has 2 N–H and O–H groups in total. The summed E-state index contributed by atoms with van der Waals surface area (Å²) in [5, 5.41) is 9.27. The van der Waals surface area contributed by atoms with Crippen molar-refractivity contribution in [1.29, 1.82) is 5.26 Å². The van der Waals surface area contributed by atoms with Gasteiger partial charge in [-0.1, -0.05) is 42.5 Å². The summed E-state index contributed by atoms with van der Waals surface area (Å²) in [6, 6.07) is 26.7. The fourth-order valence-corrected chi connectivity index (χ4v) is 5.09. The number of pyridine rings is 2. The minimum Gasteiger partial charge on any atom is -0.383 e. The standard InChI is InChI=1S/C30H28N8/c1-21-18-36(16-17-37(21)20-31)19-22-9-11-24(12-10-22)38-29(25-8-5-15-33-28(25)32)35-27-14-13-26(34-30(27)38)23-6-3-2-4-7-23/h2-15,21H,16-19H2,1H3,(H2,32,33)/t21-/m0/s1. The van der Waals surface area contributed by atoms with Crippen molar-refractivity contribution in [2.75, 3.05) is 25.4 Å². The maximum Gasteiger partial charge on any atom is 0.179 e. The van der Waals surface area contributed by atoms with Crippen LogP contribution < -0.4 is 5.73 Å². The average Bonchev–Trinajstić information content (AvgIpc) is 3.33. The van der Waals surface area contributed by atoms with Crippen molar-refractivity contribution in [2.45, 2.75) is 19.5 Å². The normalized spacial score (nSPS) is 16.0. The highest BCUT2D eigenvalue weighted by Gasteiger charge is 2.23. The Kier molecular flexibility index (Phi) is 6.20. The van der Waals surface area contributed by atoms with E-state index in [2.05, 4.69) is 64.0 Å². The molecule has 0 radical (unpaired) electrons. The molecule has 0 amide bonds. The molecular weight excluding hydrogens is 472 g/mol. The molecule has 6 rings (SSSR count). The highest BCUT2D eigenvalue weighted by atomic mass is 15.3. The number of nitrogens with two attached hydrogens (primary N) is 1. The first-order chi connectivity index (χ1) is 18.6. The molecule has 5 aromatic rings. The van der Waals surface area contributed by atoms with E-state index in [0.717, 1.165) is 59.9 Å². The lowest BCUT2D eigenvalue weighted by molar-refractivity contribution is 0.121. The Morgan fingerprint density at radius 2 is 1.76 bits per heavy atom. The van der Waals surface area contributed by atoms with Crippen LogP contribution in [0.3, 0.4) is 0 Å². The lowest BCUT2D eigenvalue weighted by Gasteiger charge is -2.36. The number of nitrogens with zero attached hydrogens (tertiary/aromatic N) is 7. The van der Waals surface area contributed by atoms with Gasteiger partial charge in [-0.3, -0.25) is 9.47 Å². The zero-order valence-electron chi connectivity index (χ0n) is 21.2. The number of hydrogen-bond acceptors (Lipinski definition) is 7. The molecule has 8 heteroatoms. The van der Waals surface area contributed by atoms with Crippen molar-refractivity contribution < 1.29 is 0 Å². The molecule has 1 aliphatic rings. The molecule has 1 saturated heterocycles. The molecule has 188 valence electrons. The van der Waals surface area contributed by atoms with E-state index >= 15 is 0 Å². The predicted octanol–water partition coefficient (Wildman–Crippen LogP) is 4.72. The van der Waals surface area contributed by atoms with Gasteiger partial charge in [-0.15, -0.1) is 0 Å². The first kappa shape index (κ1) is 23.6. The van der Waals surface area contributed by atoms with E-state index in [4.69, 9.17) is 15.7 Å². The molecule has 0 unspecified atom stereocenters. The lowest BCUT2D eigenvalue weighted by Crippen LogP contribution is -2.49. The van der Waals surface area contributed by atoms with Gasteiger partial charge < -0.3 is 10.6 Å². The fraction of sp³-hybridized carbons (Fsp3) is 0.200. The summed E-state index contributed by atoms with van der Waals surface area (Å²) in [5.41, 5.74) is 12.7. The molecule has 0 aliphatic carbocycles. The number of hydrogen-bond donors (Lipinski definition) is 1. The Morgan fingerprint density at radius 1 is 0.947 bits per heavy atom. The Morgan fingerprint density at radius 3 is 2.50 bits per heavy atom. The molecule has 1 fully saturated rings. The van der Waals surface area contributed by atoms with Crippen LogP contribution in [0.5, 0.6) is 0 Å². The number of imidazole rings is 1. The molecule has 4 heterocycles. The third-order valence-electron chi connectivity index (χ3n) is 7.09. The summed E-state index contributed by atoms with van der Waals surface area (Å²) in [6.07, 6.45) is 3.98. The smallest absolute Gasteiger partial charge is 0.179 e. The van der Waals surface area contributed by atoms with E-state index in [0.29, 0.717) is 11.6 Å². The second-order valence-electron chi connectivity index (χ2n) is 9.66. The topological polar surface area (TPSA) is 99.9 Å². The van der Waals surface area contributed by atoms with Crippen molar-refractivity contribution >= 4 is 17.0 Å². The molecule has 1 aliphatic heterocycles. The molecular formula is C30H28N8. The number of piperazine rings is 1. The maximum atomic E-state index is 9.27. The first-order valence-corrected chi connectivity index (χ1v) is 12.7. The summed E-state index contributed by atoms with van der Waals surface area (Å²) in [5.74, 6) is 1.13. The maximum absolute atomic E-state index is 9.27. The van der Waals surface area contributed by atoms with E-state index in [1.54, 1.807) is 6.20 Å². The lowest BCUT2D eigenvalue weighted by atomic mass is 10.1. The fourth-order valence-electron chi connectivity index (χ4n) is 5.09. The molecule has 3 aromatic heterocycles. The number of benzene rings is 2. The predicted molar refractivity (Wildman–Crippen MR) is 149 cm³/mol. The number of aromatic nitrogens is 4. The number of nitriles is 1. The Bertz CT molecular complexity index is 1620. The van der Waals surface area contributed by atoms with Crippen LogP contribution >= 0.6 is 0 Å². The van der Waals surface area contributed by atoms with Crippen LogP contribution in [0, 0.1) is 11.5 Å². The summed E-state index contributed by atoms with van der Waals surface area (Å²) in [4.78, 5) is 18.5. The minimum atomic E-state index is 0.225. The van der Waals surface area contributed by atoms with Crippen LogP contribution in [0.4, 0.5) is 5.82 Å². The van der Waals surface area contributed by atoms with Gasteiger partial charge in [0, 0.05) is 49.7 Å². The number of rotatable bonds is 5. The second-order valence-corrected chi connectivity index (χ2v) is 9.66. The van der Waals surface area contributed by atoms with Gasteiger partial charge in [-0.25, -0.2) is 15.0 Å². The van der Waals surface area contributed by atoms with Crippen LogP contribution in [0.2, 0.25) is 0 Å². The van der Waals surface area contributed by atoms with Crippen LogP contribution in [-0.2, 0) is 6.54 Å². The number of fused-ring (bicyclic) bond motifs is 1. The summed E-state index contributed by atoms with van der Waals surface area (Å²) in [7, 11) is 0. The van der Waals surface area contributed by atoms with E-state index in [1.165, 1.54) is 5.56 Å². The Hall–Kier alpha value is -4.74. The number of anilines is 1. The van der Waals surface area contributed by atoms with Crippen molar-refractivity contribution in [3.8, 4) is 34.5 Å². The van der Waals surface area contributed by atoms with Crippen LogP contribution in [0.15, 0.2) is 85.1 Å². The van der Waals surface area contributed by atoms with Crippen LogP contribution in [0.1, 0.15) is 12.5 Å². The van der Waals surface area contributed by atoms with Crippen LogP contribution in [0.25, 0.3) is 39.5 Å². The zero-order valence-corrected chi connectivity index (χ0v) is 21.2. The van der Waals surface area contributed by atoms with Crippen molar-refractivity contribution in [3.05, 3.63) is 90.6 Å². The third kappa shape index (κ3) is 4.44. The van der Waals surface area contributed by atoms with Gasteiger partial charge in [0.25, 0.3) is 0 Å². The summed E-state index contributed by atoms with van der Waals surface area (Å²) < 4.78 is 2.06. The van der Waals surface area contributed by atoms with E-state index < -0.39 is 0 Å². The third-order valence-corrected chi connectivity index (χ3v) is 7.09. The van der Waals surface area contributed by atoms with Gasteiger partial charge in [0.05, 0.1) is 11.3 Å². The second kappa shape index (κ2) is 9.96. The van der Waals surface area contributed by atoms with Gasteiger partial charge in [-0.2, -0.15) is 5.26 Å². The van der Waals surface area contributed by atoms with Gasteiger partial charge in [-0.05, 0) is 48.9 Å². The van der Waals surface area contributed by atoms with Gasteiger partial charge in [0.2, 0.25) is 0 Å². The Balaban J connectivity index is 1.40. The van der Waals surface area contributed by atoms with Gasteiger partial charge in [0.1, 0.15) is 11.3 Å². The summed E-state index contributed by atoms with van der Waals surface area (Å²) in [6.45, 7) is 5.46. The van der Waals surface area contributed by atoms with Gasteiger partial charge >= 0.3 is 0 Å². The highest BCUT2D eigenvalue weighted by Crippen LogP contribution is 2.32. The van der Waals surface area contributed by atoms with E-state index in [9.17, 15) is 5.26 Å². The molecule has 1 atom stereocenters. The average molecular weight is 501 g/mol. The molecule has 38 heavy (non-hydrogen) atoms. The molecule has 2 aromatic carbocycles.